The zero-order valence-electron chi connectivity index (χ0n) is 6.78. The van der Waals surface area contributed by atoms with E-state index in [2.05, 4.69) is 12.8 Å². The average molecular weight is 139 g/mol. The van der Waals surface area contributed by atoms with E-state index in [-0.39, 0.29) is 0 Å². The monoisotopic (exact) mass is 139 g/mol. The van der Waals surface area contributed by atoms with E-state index in [9.17, 15) is 5.11 Å². The molecule has 0 aliphatic heterocycles. The fraction of sp³-hybridized carbons (Fsp3) is 0.778. The van der Waals surface area contributed by atoms with Gasteiger partial charge >= 0.3 is 0 Å². The Hall–Kier alpha value is -0.480. The van der Waals surface area contributed by atoms with Gasteiger partial charge in [0.2, 0.25) is 0 Å². The molecule has 0 aliphatic rings. The molecular formula is C9H15O. The van der Waals surface area contributed by atoms with Crippen molar-refractivity contribution < 1.29 is 5.11 Å². The molecule has 0 heterocycles. The van der Waals surface area contributed by atoms with Crippen LogP contribution in [0, 0.1) is 12.3 Å². The molecule has 1 unspecified atom stereocenters. The average Bonchev–Trinajstić information content (AvgIpc) is 2.00. The highest BCUT2D eigenvalue weighted by atomic mass is 16.3. The molecule has 1 N–H and O–H groups in total. The van der Waals surface area contributed by atoms with Crippen LogP contribution in [-0.2, 0) is 0 Å². The van der Waals surface area contributed by atoms with Crippen LogP contribution in [0.2, 0.25) is 0 Å². The fourth-order valence-electron chi connectivity index (χ4n) is 0.797. The van der Waals surface area contributed by atoms with Crippen molar-refractivity contribution in [2.75, 3.05) is 0 Å². The Morgan fingerprint density at radius 3 is 2.40 bits per heavy atom. The second kappa shape index (κ2) is 4.35. The Morgan fingerprint density at radius 1 is 1.50 bits per heavy atom. The number of hydrogen-bond acceptors (Lipinski definition) is 1. The quantitative estimate of drug-likeness (QED) is 0.590. The van der Waals surface area contributed by atoms with Crippen LogP contribution in [0.15, 0.2) is 0 Å². The normalized spacial score (nSPS) is 15.8. The largest absolute Gasteiger partial charge is 0.378 e. The van der Waals surface area contributed by atoms with Gasteiger partial charge in [0.25, 0.3) is 0 Å². The fourth-order valence-corrected chi connectivity index (χ4v) is 0.797. The number of hydrogen-bond donors (Lipinski definition) is 1. The predicted octanol–water partition coefficient (Wildman–Crippen LogP) is 1.91. The van der Waals surface area contributed by atoms with E-state index in [4.69, 9.17) is 6.42 Å². The van der Waals surface area contributed by atoms with Gasteiger partial charge < -0.3 is 5.11 Å². The Balaban J connectivity index is 3.72. The summed E-state index contributed by atoms with van der Waals surface area (Å²) >= 11 is 0. The summed E-state index contributed by atoms with van der Waals surface area (Å²) in [7, 11) is 0. The first-order valence-corrected chi connectivity index (χ1v) is 3.84. The van der Waals surface area contributed by atoms with E-state index in [1.807, 2.05) is 6.92 Å². The second-order valence-electron chi connectivity index (χ2n) is 2.61. The third-order valence-electron chi connectivity index (χ3n) is 1.76. The van der Waals surface area contributed by atoms with Crippen molar-refractivity contribution in [3.63, 3.8) is 0 Å². The topological polar surface area (TPSA) is 20.2 Å². The van der Waals surface area contributed by atoms with E-state index in [0.717, 1.165) is 12.8 Å². The van der Waals surface area contributed by atoms with Crippen LogP contribution in [0.3, 0.4) is 0 Å². The second-order valence-corrected chi connectivity index (χ2v) is 2.61. The molecule has 0 bridgehead atoms. The van der Waals surface area contributed by atoms with Crippen LogP contribution in [0.5, 0.6) is 0 Å². The van der Waals surface area contributed by atoms with Gasteiger partial charge in [-0.25, -0.2) is 0 Å². The van der Waals surface area contributed by atoms with Crippen molar-refractivity contribution in [1.29, 1.82) is 0 Å². The summed E-state index contributed by atoms with van der Waals surface area (Å²) in [6.45, 7) is 3.94. The van der Waals surface area contributed by atoms with Crippen LogP contribution in [-0.4, -0.2) is 10.7 Å². The number of rotatable bonds is 4. The Labute approximate surface area is 63.5 Å². The first kappa shape index (κ1) is 9.52. The van der Waals surface area contributed by atoms with Crippen LogP contribution < -0.4 is 0 Å². The molecule has 0 amide bonds. The van der Waals surface area contributed by atoms with Gasteiger partial charge in [0.1, 0.15) is 5.60 Å². The molecule has 1 nitrogen and oxygen atoms in total. The summed E-state index contributed by atoms with van der Waals surface area (Å²) in [5.41, 5.74) is -0.948. The van der Waals surface area contributed by atoms with Gasteiger partial charge in [-0.15, -0.1) is 0 Å². The van der Waals surface area contributed by atoms with E-state index < -0.39 is 5.60 Å². The highest BCUT2D eigenvalue weighted by Crippen LogP contribution is 2.16. The molecule has 0 aliphatic carbocycles. The van der Waals surface area contributed by atoms with Crippen LogP contribution in [0.25, 0.3) is 0 Å². The molecule has 0 saturated carbocycles. The standard InChI is InChI=1S/C9H15O/c1-4-7-8-9(10,5-2)6-3/h10H,4-5,7-8H2,1-2H3. The zero-order valence-corrected chi connectivity index (χ0v) is 6.78. The molecule has 0 saturated heterocycles. The van der Waals surface area contributed by atoms with E-state index in [1.165, 1.54) is 0 Å². The van der Waals surface area contributed by atoms with E-state index >= 15 is 0 Å². The first-order valence-electron chi connectivity index (χ1n) is 3.84. The van der Waals surface area contributed by atoms with Gasteiger partial charge in [-0.3, -0.25) is 0 Å². The first-order chi connectivity index (χ1) is 4.68. The van der Waals surface area contributed by atoms with Gasteiger partial charge in [0.05, 0.1) is 0 Å². The third-order valence-corrected chi connectivity index (χ3v) is 1.76. The molecule has 1 radical (unpaired) electrons. The smallest absolute Gasteiger partial charge is 0.126 e. The summed E-state index contributed by atoms with van der Waals surface area (Å²) in [5.74, 6) is 2.17. The van der Waals surface area contributed by atoms with Gasteiger partial charge in [-0.05, 0) is 25.7 Å². The minimum absolute atomic E-state index is 0.594. The van der Waals surface area contributed by atoms with E-state index in [0.29, 0.717) is 12.8 Å². The number of aliphatic hydroxyl groups is 1. The Bertz CT molecular complexity index is 123. The molecule has 0 aromatic rings. The molecule has 0 rings (SSSR count). The third kappa shape index (κ3) is 2.89. The highest BCUT2D eigenvalue weighted by molar-refractivity contribution is 5.01. The van der Waals surface area contributed by atoms with Crippen LogP contribution in [0.1, 0.15) is 39.5 Å². The molecule has 0 aromatic heterocycles. The van der Waals surface area contributed by atoms with Gasteiger partial charge in [-0.1, -0.05) is 26.2 Å². The minimum Gasteiger partial charge on any atom is -0.378 e. The summed E-state index contributed by atoms with van der Waals surface area (Å²) in [6.07, 6.45) is 10.1. The summed E-state index contributed by atoms with van der Waals surface area (Å²) in [4.78, 5) is 0. The van der Waals surface area contributed by atoms with E-state index in [1.54, 1.807) is 0 Å². The zero-order chi connectivity index (χ0) is 8.04. The van der Waals surface area contributed by atoms with Crippen LogP contribution >= 0.6 is 0 Å². The molecule has 1 atom stereocenters. The van der Waals surface area contributed by atoms with Crippen molar-refractivity contribution in [2.24, 2.45) is 0 Å². The maximum Gasteiger partial charge on any atom is 0.126 e. The van der Waals surface area contributed by atoms with Gasteiger partial charge in [-0.2, -0.15) is 0 Å². The molecule has 0 spiro atoms. The van der Waals surface area contributed by atoms with Crippen molar-refractivity contribution in [3.05, 3.63) is 6.42 Å². The van der Waals surface area contributed by atoms with Crippen molar-refractivity contribution in [3.8, 4) is 5.92 Å². The SMILES string of the molecule is [C]#CC(O)(CC)CCCC. The minimum atomic E-state index is -0.948. The predicted molar refractivity (Wildman–Crippen MR) is 41.9 cm³/mol. The van der Waals surface area contributed by atoms with Crippen molar-refractivity contribution in [1.82, 2.24) is 0 Å². The van der Waals surface area contributed by atoms with Crippen molar-refractivity contribution >= 4 is 0 Å². The number of unbranched alkanes of at least 4 members (excludes halogenated alkanes) is 1. The lowest BCUT2D eigenvalue weighted by Crippen LogP contribution is -2.24. The summed E-state index contributed by atoms with van der Waals surface area (Å²) in [5, 5.41) is 9.46. The van der Waals surface area contributed by atoms with Crippen molar-refractivity contribution in [2.45, 2.75) is 45.1 Å². The van der Waals surface area contributed by atoms with Gasteiger partial charge in [0, 0.05) is 0 Å². The molecular weight excluding hydrogens is 124 g/mol. The Kier molecular flexibility index (Phi) is 4.14. The molecule has 0 aromatic carbocycles. The maximum atomic E-state index is 9.46. The van der Waals surface area contributed by atoms with Crippen LogP contribution in [0.4, 0.5) is 0 Å². The summed E-state index contributed by atoms with van der Waals surface area (Å²) < 4.78 is 0. The highest BCUT2D eigenvalue weighted by Gasteiger charge is 2.19. The molecule has 1 heteroatoms. The summed E-state index contributed by atoms with van der Waals surface area (Å²) in [6, 6.07) is 0. The lowest BCUT2D eigenvalue weighted by Gasteiger charge is -2.18. The molecule has 10 heavy (non-hydrogen) atoms. The van der Waals surface area contributed by atoms with Gasteiger partial charge in [0.15, 0.2) is 0 Å². The Morgan fingerprint density at radius 2 is 2.10 bits per heavy atom. The maximum absolute atomic E-state index is 9.46. The molecule has 57 valence electrons. The lowest BCUT2D eigenvalue weighted by atomic mass is 9.95. The molecule has 0 fully saturated rings. The lowest BCUT2D eigenvalue weighted by molar-refractivity contribution is 0.0849.